The van der Waals surface area contributed by atoms with Crippen LogP contribution in [0.15, 0.2) is 6.07 Å². The van der Waals surface area contributed by atoms with Gasteiger partial charge in [-0.2, -0.15) is 0 Å². The molecule has 0 bridgehead atoms. The maximum atomic E-state index is 10.3. The zero-order valence-corrected chi connectivity index (χ0v) is 6.03. The van der Waals surface area contributed by atoms with Gasteiger partial charge in [0.1, 0.15) is 0 Å². The molecule has 0 aliphatic heterocycles. The number of aldehydes is 1. The van der Waals surface area contributed by atoms with E-state index in [-0.39, 0.29) is 5.69 Å². The van der Waals surface area contributed by atoms with Crippen molar-refractivity contribution in [2.75, 3.05) is 0 Å². The van der Waals surface area contributed by atoms with E-state index in [1.165, 1.54) is 6.07 Å². The van der Waals surface area contributed by atoms with Crippen LogP contribution in [0.4, 0.5) is 0 Å². The number of aliphatic hydroxyl groups is 2. The second-order valence-corrected chi connectivity index (χ2v) is 2.31. The molecular weight excluding hydrogens is 146 g/mol. The van der Waals surface area contributed by atoms with Gasteiger partial charge in [0.2, 0.25) is 0 Å². The summed E-state index contributed by atoms with van der Waals surface area (Å²) in [6.07, 6.45) is -0.899. The number of hydrogen-bond acceptors (Lipinski definition) is 3. The second-order valence-electron chi connectivity index (χ2n) is 2.31. The lowest BCUT2D eigenvalue weighted by atomic mass is 10.3. The molecular formula is C7H9NO3. The van der Waals surface area contributed by atoms with Crippen LogP contribution in [0.1, 0.15) is 28.0 Å². The summed E-state index contributed by atoms with van der Waals surface area (Å²) in [7, 11) is 0. The van der Waals surface area contributed by atoms with Crippen LogP contribution in [0.25, 0.3) is 0 Å². The fourth-order valence-electron chi connectivity index (χ4n) is 0.863. The van der Waals surface area contributed by atoms with Gasteiger partial charge in [-0.05, 0) is 18.6 Å². The van der Waals surface area contributed by atoms with E-state index in [1.54, 1.807) is 6.92 Å². The summed E-state index contributed by atoms with van der Waals surface area (Å²) >= 11 is 0. The first kappa shape index (κ1) is 7.97. The Kier molecular flexibility index (Phi) is 2.07. The molecule has 3 N–H and O–H groups in total. The van der Waals surface area contributed by atoms with Crippen LogP contribution in [-0.2, 0) is 0 Å². The first-order valence-electron chi connectivity index (χ1n) is 3.16. The highest BCUT2D eigenvalue weighted by Crippen LogP contribution is 2.12. The summed E-state index contributed by atoms with van der Waals surface area (Å²) in [5.41, 5.74) is 1.33. The highest BCUT2D eigenvalue weighted by atomic mass is 16.5. The lowest BCUT2D eigenvalue weighted by Gasteiger charge is -1.96. The fraction of sp³-hybridized carbons (Fsp3) is 0.286. The highest BCUT2D eigenvalue weighted by Gasteiger charge is 2.07. The van der Waals surface area contributed by atoms with Crippen molar-refractivity contribution in [2.24, 2.45) is 0 Å². The number of H-pyrrole nitrogens is 1. The third-order valence-electron chi connectivity index (χ3n) is 1.47. The smallest absolute Gasteiger partial charge is 0.193 e. The van der Waals surface area contributed by atoms with Crippen molar-refractivity contribution >= 4 is 6.29 Å². The maximum Gasteiger partial charge on any atom is 0.193 e. The number of aromatic amines is 1. The van der Waals surface area contributed by atoms with E-state index in [0.29, 0.717) is 17.5 Å². The molecule has 0 saturated heterocycles. The Balaban J connectivity index is 3.04. The summed E-state index contributed by atoms with van der Waals surface area (Å²) < 4.78 is 0. The summed E-state index contributed by atoms with van der Waals surface area (Å²) in [6, 6.07) is 1.52. The van der Waals surface area contributed by atoms with E-state index in [4.69, 9.17) is 10.2 Å². The molecule has 1 rings (SSSR count). The standard InChI is InChI=1S/C7H9NO3/c1-4-2-5(7(10)11)8-6(4)3-9/h2-3,7-8,10-11H,1H3. The normalized spacial score (nSPS) is 10.5. The fourth-order valence-corrected chi connectivity index (χ4v) is 0.863. The van der Waals surface area contributed by atoms with Crippen LogP contribution < -0.4 is 0 Å². The maximum absolute atomic E-state index is 10.3. The highest BCUT2D eigenvalue weighted by molar-refractivity contribution is 5.74. The van der Waals surface area contributed by atoms with Crippen LogP contribution in [0.3, 0.4) is 0 Å². The van der Waals surface area contributed by atoms with E-state index >= 15 is 0 Å². The quantitative estimate of drug-likeness (QED) is 0.419. The molecule has 0 saturated carbocycles. The van der Waals surface area contributed by atoms with E-state index in [1.807, 2.05) is 0 Å². The number of rotatable bonds is 2. The van der Waals surface area contributed by atoms with Crippen LogP contribution >= 0.6 is 0 Å². The Hall–Kier alpha value is -1.13. The molecule has 1 aromatic heterocycles. The lowest BCUT2D eigenvalue weighted by Crippen LogP contribution is -1.94. The van der Waals surface area contributed by atoms with Crippen molar-refractivity contribution in [1.82, 2.24) is 4.98 Å². The molecule has 4 nitrogen and oxygen atoms in total. The number of aliphatic hydroxyl groups excluding tert-OH is 1. The Morgan fingerprint density at radius 1 is 1.64 bits per heavy atom. The number of hydrogen-bond donors (Lipinski definition) is 3. The van der Waals surface area contributed by atoms with Crippen LogP contribution in [-0.4, -0.2) is 21.5 Å². The summed E-state index contributed by atoms with van der Waals surface area (Å²) in [5, 5.41) is 17.3. The van der Waals surface area contributed by atoms with Crippen molar-refractivity contribution in [1.29, 1.82) is 0 Å². The molecule has 4 heteroatoms. The van der Waals surface area contributed by atoms with Crippen molar-refractivity contribution < 1.29 is 15.0 Å². The first-order valence-corrected chi connectivity index (χ1v) is 3.16. The molecule has 0 fully saturated rings. The molecule has 0 amide bonds. The zero-order valence-electron chi connectivity index (χ0n) is 6.03. The Labute approximate surface area is 63.5 Å². The van der Waals surface area contributed by atoms with Gasteiger partial charge in [0.15, 0.2) is 12.6 Å². The number of aryl methyl sites for hydroxylation is 1. The summed E-state index contributed by atoms with van der Waals surface area (Å²) in [6.45, 7) is 1.71. The van der Waals surface area contributed by atoms with E-state index in [9.17, 15) is 4.79 Å². The molecule has 1 aromatic rings. The topological polar surface area (TPSA) is 73.3 Å². The Morgan fingerprint density at radius 2 is 2.27 bits per heavy atom. The van der Waals surface area contributed by atoms with Crippen molar-refractivity contribution in [3.63, 3.8) is 0 Å². The second kappa shape index (κ2) is 2.86. The minimum absolute atomic E-state index is 0.240. The molecule has 60 valence electrons. The van der Waals surface area contributed by atoms with Crippen LogP contribution in [0, 0.1) is 6.92 Å². The SMILES string of the molecule is Cc1cc(C(O)O)[nH]c1C=O. The van der Waals surface area contributed by atoms with E-state index in [2.05, 4.69) is 4.98 Å². The van der Waals surface area contributed by atoms with Crippen LogP contribution in [0.2, 0.25) is 0 Å². The third-order valence-corrected chi connectivity index (χ3v) is 1.47. The predicted octanol–water partition coefficient (Wildman–Crippen LogP) is 0.119. The molecule has 0 atom stereocenters. The van der Waals surface area contributed by atoms with E-state index < -0.39 is 6.29 Å². The predicted molar refractivity (Wildman–Crippen MR) is 38.1 cm³/mol. The average Bonchev–Trinajstić information content (AvgIpc) is 2.31. The number of aromatic nitrogens is 1. The molecule has 0 radical (unpaired) electrons. The Bertz CT molecular complexity index is 265. The molecule has 0 aliphatic rings. The molecule has 0 spiro atoms. The van der Waals surface area contributed by atoms with Gasteiger partial charge < -0.3 is 15.2 Å². The van der Waals surface area contributed by atoms with Gasteiger partial charge in [-0.25, -0.2) is 0 Å². The average molecular weight is 155 g/mol. The first-order chi connectivity index (χ1) is 5.15. The molecule has 0 aliphatic carbocycles. The van der Waals surface area contributed by atoms with Gasteiger partial charge in [0, 0.05) is 0 Å². The summed E-state index contributed by atoms with van der Waals surface area (Å²) in [4.78, 5) is 12.8. The number of carbonyl (C=O) groups is 1. The minimum Gasteiger partial charge on any atom is -0.363 e. The lowest BCUT2D eigenvalue weighted by molar-refractivity contribution is -0.0454. The van der Waals surface area contributed by atoms with Gasteiger partial charge in [0.05, 0.1) is 11.4 Å². The minimum atomic E-state index is -1.54. The molecule has 1 heterocycles. The monoisotopic (exact) mass is 155 g/mol. The molecule has 11 heavy (non-hydrogen) atoms. The van der Waals surface area contributed by atoms with Gasteiger partial charge >= 0.3 is 0 Å². The van der Waals surface area contributed by atoms with Gasteiger partial charge in [-0.1, -0.05) is 0 Å². The number of carbonyl (C=O) groups excluding carboxylic acids is 1. The largest absolute Gasteiger partial charge is 0.363 e. The Morgan fingerprint density at radius 3 is 2.55 bits per heavy atom. The van der Waals surface area contributed by atoms with Crippen LogP contribution in [0.5, 0.6) is 0 Å². The van der Waals surface area contributed by atoms with Gasteiger partial charge in [-0.3, -0.25) is 4.79 Å². The van der Waals surface area contributed by atoms with Gasteiger partial charge in [-0.15, -0.1) is 0 Å². The molecule has 0 unspecified atom stereocenters. The van der Waals surface area contributed by atoms with Crippen molar-refractivity contribution in [3.05, 3.63) is 23.0 Å². The third kappa shape index (κ3) is 1.47. The van der Waals surface area contributed by atoms with E-state index in [0.717, 1.165) is 0 Å². The van der Waals surface area contributed by atoms with Crippen molar-refractivity contribution in [3.8, 4) is 0 Å². The van der Waals surface area contributed by atoms with Crippen molar-refractivity contribution in [2.45, 2.75) is 13.2 Å². The number of nitrogens with one attached hydrogen (secondary N) is 1. The van der Waals surface area contributed by atoms with Gasteiger partial charge in [0.25, 0.3) is 0 Å². The summed E-state index contributed by atoms with van der Waals surface area (Å²) in [5.74, 6) is 0. The zero-order chi connectivity index (χ0) is 8.43. The molecule has 0 aromatic carbocycles.